The summed E-state index contributed by atoms with van der Waals surface area (Å²) in [5.41, 5.74) is 0.280. The first-order chi connectivity index (χ1) is 13.5. The predicted octanol–water partition coefficient (Wildman–Crippen LogP) is 2.91. The molecule has 1 aromatic carbocycles. The van der Waals surface area contributed by atoms with Gasteiger partial charge in [0.15, 0.2) is 0 Å². The Morgan fingerprint density at radius 2 is 2.07 bits per heavy atom. The van der Waals surface area contributed by atoms with E-state index >= 15 is 0 Å². The normalized spacial score (nSPS) is 18.2. The SMILES string of the molecule is O=S(=O)(c1cccnc1)N1CCC[C@H](Cc2nc(-c3ccccc3F)no2)C1. The van der Waals surface area contributed by atoms with Crippen molar-refractivity contribution in [1.29, 1.82) is 0 Å². The molecule has 0 N–H and O–H groups in total. The van der Waals surface area contributed by atoms with Gasteiger partial charge in [-0.2, -0.15) is 9.29 Å². The van der Waals surface area contributed by atoms with Gasteiger partial charge in [0.1, 0.15) is 10.7 Å². The number of hydrogen-bond acceptors (Lipinski definition) is 6. The number of piperidine rings is 1. The number of nitrogens with zero attached hydrogens (tertiary/aromatic N) is 4. The summed E-state index contributed by atoms with van der Waals surface area (Å²) in [6, 6.07) is 9.39. The summed E-state index contributed by atoms with van der Waals surface area (Å²) >= 11 is 0. The molecule has 0 aliphatic carbocycles. The summed E-state index contributed by atoms with van der Waals surface area (Å²) in [6.07, 6.45) is 4.95. The molecule has 2 aromatic heterocycles. The van der Waals surface area contributed by atoms with E-state index in [9.17, 15) is 12.8 Å². The quantitative estimate of drug-likeness (QED) is 0.652. The molecule has 1 atom stereocenters. The molecule has 9 heteroatoms. The van der Waals surface area contributed by atoms with Crippen LogP contribution in [0.4, 0.5) is 4.39 Å². The number of rotatable bonds is 5. The van der Waals surface area contributed by atoms with Crippen LogP contribution >= 0.6 is 0 Å². The minimum atomic E-state index is -3.58. The first-order valence-corrected chi connectivity index (χ1v) is 10.5. The fourth-order valence-electron chi connectivity index (χ4n) is 3.40. The molecule has 1 fully saturated rings. The number of sulfonamides is 1. The minimum absolute atomic E-state index is 0.0501. The lowest BCUT2D eigenvalue weighted by Gasteiger charge is -2.31. The number of aromatic nitrogens is 3. The van der Waals surface area contributed by atoms with Crippen molar-refractivity contribution in [3.05, 3.63) is 60.5 Å². The second-order valence-corrected chi connectivity index (χ2v) is 8.69. The molecule has 1 aliphatic heterocycles. The van der Waals surface area contributed by atoms with Crippen molar-refractivity contribution in [3.8, 4) is 11.4 Å². The number of halogens is 1. The summed E-state index contributed by atoms with van der Waals surface area (Å²) in [4.78, 5) is 8.38. The van der Waals surface area contributed by atoms with Crippen molar-refractivity contribution in [1.82, 2.24) is 19.4 Å². The van der Waals surface area contributed by atoms with Crippen LogP contribution in [0, 0.1) is 11.7 Å². The predicted molar refractivity (Wildman–Crippen MR) is 99.1 cm³/mol. The first kappa shape index (κ1) is 18.7. The zero-order valence-electron chi connectivity index (χ0n) is 15.0. The van der Waals surface area contributed by atoms with Gasteiger partial charge in [0.05, 0.1) is 5.56 Å². The molecule has 0 spiro atoms. The highest BCUT2D eigenvalue weighted by molar-refractivity contribution is 7.89. The second-order valence-electron chi connectivity index (χ2n) is 6.76. The average molecular weight is 402 g/mol. The molecular formula is C19H19FN4O3S. The standard InChI is InChI=1S/C19H19FN4O3S/c20-17-8-2-1-7-16(17)19-22-18(27-23-19)11-14-5-4-10-24(13-14)28(25,26)15-6-3-9-21-12-15/h1-3,6-9,12,14H,4-5,10-11,13H2/t14-/m1/s1. The molecule has 1 saturated heterocycles. The van der Waals surface area contributed by atoms with Crippen LogP contribution in [0.25, 0.3) is 11.4 Å². The van der Waals surface area contributed by atoms with E-state index in [1.54, 1.807) is 36.5 Å². The maximum atomic E-state index is 13.9. The van der Waals surface area contributed by atoms with Gasteiger partial charge >= 0.3 is 0 Å². The molecule has 3 heterocycles. The smallest absolute Gasteiger partial charge is 0.244 e. The van der Waals surface area contributed by atoms with Crippen molar-refractivity contribution in [2.75, 3.05) is 13.1 Å². The Balaban J connectivity index is 1.47. The molecule has 7 nitrogen and oxygen atoms in total. The van der Waals surface area contributed by atoms with Gasteiger partial charge in [-0.05, 0) is 43.0 Å². The van der Waals surface area contributed by atoms with E-state index in [-0.39, 0.29) is 22.2 Å². The van der Waals surface area contributed by atoms with Gasteiger partial charge in [-0.25, -0.2) is 12.8 Å². The lowest BCUT2D eigenvalue weighted by molar-refractivity contribution is 0.247. The summed E-state index contributed by atoms with van der Waals surface area (Å²) in [6.45, 7) is 0.840. The van der Waals surface area contributed by atoms with Crippen molar-refractivity contribution in [3.63, 3.8) is 0 Å². The van der Waals surface area contributed by atoms with Crippen molar-refractivity contribution in [2.45, 2.75) is 24.2 Å². The van der Waals surface area contributed by atoms with Crippen molar-refractivity contribution >= 4 is 10.0 Å². The van der Waals surface area contributed by atoms with Gasteiger partial charge in [-0.1, -0.05) is 17.3 Å². The van der Waals surface area contributed by atoms with Crippen molar-refractivity contribution < 1.29 is 17.3 Å². The van der Waals surface area contributed by atoms with E-state index in [4.69, 9.17) is 4.52 Å². The summed E-state index contributed by atoms with van der Waals surface area (Å²) in [5, 5.41) is 3.86. The molecule has 146 valence electrons. The first-order valence-electron chi connectivity index (χ1n) is 9.02. The van der Waals surface area contributed by atoms with Gasteiger partial charge in [-0.3, -0.25) is 4.98 Å². The molecule has 0 unspecified atom stereocenters. The number of pyridine rings is 1. The topological polar surface area (TPSA) is 89.2 Å². The molecule has 1 aliphatic rings. The van der Waals surface area contributed by atoms with Crippen LogP contribution in [0.3, 0.4) is 0 Å². The number of hydrogen-bond donors (Lipinski definition) is 0. The third-order valence-electron chi connectivity index (χ3n) is 4.80. The zero-order chi connectivity index (χ0) is 19.6. The lowest BCUT2D eigenvalue weighted by atomic mass is 9.96. The molecule has 0 amide bonds. The highest BCUT2D eigenvalue weighted by Gasteiger charge is 2.31. The van der Waals surface area contributed by atoms with Gasteiger partial charge in [-0.15, -0.1) is 0 Å². The fourth-order valence-corrected chi connectivity index (χ4v) is 4.92. The molecule has 3 aromatic rings. The highest BCUT2D eigenvalue weighted by atomic mass is 32.2. The van der Waals surface area contributed by atoms with Gasteiger partial charge < -0.3 is 4.52 Å². The summed E-state index contributed by atoms with van der Waals surface area (Å²) in [7, 11) is -3.58. The van der Waals surface area contributed by atoms with Crippen LogP contribution in [-0.2, 0) is 16.4 Å². The maximum absolute atomic E-state index is 13.9. The fraction of sp³-hybridized carbons (Fsp3) is 0.316. The van der Waals surface area contributed by atoms with E-state index in [0.717, 1.165) is 12.8 Å². The molecule has 0 saturated carbocycles. The molecule has 28 heavy (non-hydrogen) atoms. The Labute approximate surface area is 162 Å². The lowest BCUT2D eigenvalue weighted by Crippen LogP contribution is -2.40. The maximum Gasteiger partial charge on any atom is 0.244 e. The monoisotopic (exact) mass is 402 g/mol. The Hall–Kier alpha value is -2.65. The molecule has 0 bridgehead atoms. The summed E-state index contributed by atoms with van der Waals surface area (Å²) < 4.78 is 46.3. The molecule has 0 radical (unpaired) electrons. The van der Waals surface area contributed by atoms with E-state index < -0.39 is 15.8 Å². The summed E-state index contributed by atoms with van der Waals surface area (Å²) in [5.74, 6) is 0.211. The highest BCUT2D eigenvalue weighted by Crippen LogP contribution is 2.26. The van der Waals surface area contributed by atoms with E-state index in [1.165, 1.54) is 16.6 Å². The van der Waals surface area contributed by atoms with Crippen LogP contribution < -0.4 is 0 Å². The Morgan fingerprint density at radius 3 is 2.86 bits per heavy atom. The van der Waals surface area contributed by atoms with Crippen molar-refractivity contribution in [2.24, 2.45) is 5.92 Å². The third-order valence-corrected chi connectivity index (χ3v) is 6.65. The van der Waals surface area contributed by atoms with Crippen LogP contribution in [0.15, 0.2) is 58.2 Å². The average Bonchev–Trinajstić information content (AvgIpc) is 3.17. The van der Waals surface area contributed by atoms with Gasteiger partial charge in [0.2, 0.25) is 21.7 Å². The van der Waals surface area contributed by atoms with Gasteiger partial charge in [0.25, 0.3) is 0 Å². The minimum Gasteiger partial charge on any atom is -0.339 e. The second kappa shape index (κ2) is 7.76. The van der Waals surface area contributed by atoms with E-state index in [2.05, 4.69) is 15.1 Å². The van der Waals surface area contributed by atoms with E-state index in [0.29, 0.717) is 25.4 Å². The van der Waals surface area contributed by atoms with E-state index in [1.807, 2.05) is 0 Å². The third kappa shape index (κ3) is 3.81. The molecular weight excluding hydrogens is 383 g/mol. The van der Waals surface area contributed by atoms with Gasteiger partial charge in [0, 0.05) is 31.9 Å². The van der Waals surface area contributed by atoms with Crippen LogP contribution in [-0.4, -0.2) is 40.9 Å². The zero-order valence-corrected chi connectivity index (χ0v) is 15.8. The van der Waals surface area contributed by atoms with Crippen LogP contribution in [0.1, 0.15) is 18.7 Å². The Bertz CT molecular complexity index is 1060. The van der Waals surface area contributed by atoms with Crippen LogP contribution in [0.5, 0.6) is 0 Å². The Morgan fingerprint density at radius 1 is 1.21 bits per heavy atom. The van der Waals surface area contributed by atoms with Crippen LogP contribution in [0.2, 0.25) is 0 Å². The largest absolute Gasteiger partial charge is 0.339 e. The Kier molecular flexibility index (Phi) is 5.19. The molecule has 4 rings (SSSR count). The number of benzene rings is 1.